The first-order valence-electron chi connectivity index (χ1n) is 9.78. The lowest BCUT2D eigenvalue weighted by Gasteiger charge is -2.34. The largest absolute Gasteiger partial charge is 0.467 e. The summed E-state index contributed by atoms with van der Waals surface area (Å²) in [5.41, 5.74) is 1.59. The van der Waals surface area contributed by atoms with Gasteiger partial charge in [0, 0.05) is 45.7 Å². The Kier molecular flexibility index (Phi) is 9.41. The van der Waals surface area contributed by atoms with Crippen LogP contribution in [0.25, 0.3) is 0 Å². The van der Waals surface area contributed by atoms with Crippen molar-refractivity contribution in [2.75, 3.05) is 40.5 Å². The van der Waals surface area contributed by atoms with E-state index in [0.29, 0.717) is 31.9 Å². The van der Waals surface area contributed by atoms with Gasteiger partial charge in [0.15, 0.2) is 12.8 Å². The van der Waals surface area contributed by atoms with Crippen LogP contribution in [0.1, 0.15) is 30.4 Å². The van der Waals surface area contributed by atoms with Crippen LogP contribution in [0.2, 0.25) is 0 Å². The molecule has 29 heavy (non-hydrogen) atoms. The summed E-state index contributed by atoms with van der Waals surface area (Å²) >= 11 is 0. The van der Waals surface area contributed by atoms with Crippen LogP contribution in [-0.2, 0) is 22.6 Å². The minimum atomic E-state index is -0.273. The summed E-state index contributed by atoms with van der Waals surface area (Å²) < 4.78 is 24.7. The molecule has 2 aliphatic heterocycles. The molecule has 0 aromatic heterocycles. The number of hydrogen-bond donors (Lipinski definition) is 2. The first kappa shape index (κ1) is 23.7. The summed E-state index contributed by atoms with van der Waals surface area (Å²) in [6.07, 6.45) is 3.16. The number of piperidine rings is 1. The van der Waals surface area contributed by atoms with Crippen LogP contribution < -0.4 is 15.4 Å². The minimum Gasteiger partial charge on any atom is -0.467 e. The van der Waals surface area contributed by atoms with Crippen LogP contribution in [0.4, 0.5) is 4.39 Å². The Morgan fingerprint density at radius 2 is 2.10 bits per heavy atom. The Morgan fingerprint density at radius 1 is 1.34 bits per heavy atom. The van der Waals surface area contributed by atoms with E-state index in [4.69, 9.17) is 9.47 Å². The number of carbonyl (C=O) groups excluding carboxylic acids is 1. The maximum absolute atomic E-state index is 13.9. The summed E-state index contributed by atoms with van der Waals surface area (Å²) in [5.74, 6) is 1.83. The molecular weight excluding hydrogens is 490 g/mol. The number of hydrogen-bond acceptors (Lipinski definition) is 4. The van der Waals surface area contributed by atoms with Gasteiger partial charge in [-0.3, -0.25) is 9.79 Å². The maximum Gasteiger partial charge on any atom is 0.220 e. The van der Waals surface area contributed by atoms with E-state index in [1.807, 2.05) is 0 Å². The molecule has 162 valence electrons. The second-order valence-corrected chi connectivity index (χ2v) is 7.20. The molecule has 9 heteroatoms. The number of aliphatic imine (C=N–C) groups is 1. The number of fused-ring (bicyclic) bond motifs is 1. The quantitative estimate of drug-likeness (QED) is 0.354. The van der Waals surface area contributed by atoms with Gasteiger partial charge >= 0.3 is 0 Å². The molecule has 1 aromatic rings. The third kappa shape index (κ3) is 6.43. The second-order valence-electron chi connectivity index (χ2n) is 7.20. The molecule has 0 saturated carbocycles. The number of rotatable bonds is 5. The van der Waals surface area contributed by atoms with Crippen LogP contribution in [-0.4, -0.2) is 57.3 Å². The van der Waals surface area contributed by atoms with E-state index < -0.39 is 0 Å². The topological polar surface area (TPSA) is 75.2 Å². The molecule has 1 saturated heterocycles. The van der Waals surface area contributed by atoms with Gasteiger partial charge in [0.05, 0.1) is 6.61 Å². The third-order valence-corrected chi connectivity index (χ3v) is 5.31. The molecule has 1 fully saturated rings. The van der Waals surface area contributed by atoms with Crippen molar-refractivity contribution in [1.29, 1.82) is 0 Å². The zero-order valence-corrected chi connectivity index (χ0v) is 19.3. The van der Waals surface area contributed by atoms with Gasteiger partial charge in [-0.15, -0.1) is 24.0 Å². The highest BCUT2D eigenvalue weighted by molar-refractivity contribution is 14.0. The summed E-state index contributed by atoms with van der Waals surface area (Å²) in [5, 5.41) is 6.06. The van der Waals surface area contributed by atoms with Crippen molar-refractivity contribution in [1.82, 2.24) is 15.5 Å². The third-order valence-electron chi connectivity index (χ3n) is 5.31. The van der Waals surface area contributed by atoms with E-state index in [2.05, 4.69) is 20.5 Å². The average Bonchev–Trinajstić information content (AvgIpc) is 2.71. The number of carbonyl (C=O) groups is 1. The number of guanidine groups is 1. The standard InChI is InChI=1S/C20H29FN4O3.HI/c1-22-18(26)9-14-4-7-25(8-5-14)20(23-2)24-6-3-15-10-17(21)11-16-12-27-13-28-19(15)16;/h10-11,14H,3-9,12-13H2,1-2H3,(H,22,26)(H,23,24);1H. The van der Waals surface area contributed by atoms with E-state index in [-0.39, 0.29) is 42.5 Å². The maximum atomic E-state index is 13.9. The van der Waals surface area contributed by atoms with Crippen molar-refractivity contribution >= 4 is 35.8 Å². The second kappa shape index (κ2) is 11.5. The molecule has 7 nitrogen and oxygen atoms in total. The van der Waals surface area contributed by atoms with Crippen molar-refractivity contribution < 1.29 is 18.7 Å². The number of nitrogens with zero attached hydrogens (tertiary/aromatic N) is 2. The highest BCUT2D eigenvalue weighted by Gasteiger charge is 2.23. The lowest BCUT2D eigenvalue weighted by atomic mass is 9.93. The fraction of sp³-hybridized carbons (Fsp3) is 0.600. The molecule has 0 unspecified atom stereocenters. The minimum absolute atomic E-state index is 0. The van der Waals surface area contributed by atoms with Gasteiger partial charge in [-0.2, -0.15) is 0 Å². The van der Waals surface area contributed by atoms with Crippen LogP contribution in [0.15, 0.2) is 17.1 Å². The normalized spacial score (nSPS) is 17.1. The molecule has 3 rings (SSSR count). The molecular formula is C20H30FIN4O3. The fourth-order valence-electron chi connectivity index (χ4n) is 3.80. The predicted octanol–water partition coefficient (Wildman–Crippen LogP) is 2.28. The van der Waals surface area contributed by atoms with Gasteiger partial charge in [0.1, 0.15) is 11.6 Å². The van der Waals surface area contributed by atoms with Crippen molar-refractivity contribution in [2.45, 2.75) is 32.3 Å². The monoisotopic (exact) mass is 520 g/mol. The predicted molar refractivity (Wildman–Crippen MR) is 120 cm³/mol. The van der Waals surface area contributed by atoms with Gasteiger partial charge in [-0.05, 0) is 42.9 Å². The van der Waals surface area contributed by atoms with Crippen molar-refractivity contribution in [2.24, 2.45) is 10.9 Å². The van der Waals surface area contributed by atoms with Gasteiger partial charge in [-0.1, -0.05) is 0 Å². The average molecular weight is 520 g/mol. The number of benzene rings is 1. The lowest BCUT2D eigenvalue weighted by molar-refractivity contribution is -0.121. The summed E-state index contributed by atoms with van der Waals surface area (Å²) in [7, 11) is 3.44. The Balaban J connectivity index is 0.00000300. The number of nitrogens with one attached hydrogen (secondary N) is 2. The Morgan fingerprint density at radius 3 is 2.79 bits per heavy atom. The van der Waals surface area contributed by atoms with Crippen LogP contribution >= 0.6 is 24.0 Å². The summed E-state index contributed by atoms with van der Waals surface area (Å²) in [6, 6.07) is 2.99. The highest BCUT2D eigenvalue weighted by atomic mass is 127. The zero-order valence-electron chi connectivity index (χ0n) is 17.0. The number of halogens is 2. The van der Waals surface area contributed by atoms with Gasteiger partial charge in [0.2, 0.25) is 5.91 Å². The van der Waals surface area contributed by atoms with E-state index in [1.54, 1.807) is 14.1 Å². The Bertz CT molecular complexity index is 724. The van der Waals surface area contributed by atoms with E-state index in [1.165, 1.54) is 12.1 Å². The molecule has 0 radical (unpaired) electrons. The molecule has 1 amide bonds. The Hall–Kier alpha value is -1.62. The molecule has 0 atom stereocenters. The molecule has 0 bridgehead atoms. The first-order valence-corrected chi connectivity index (χ1v) is 9.78. The molecule has 0 spiro atoms. The summed E-state index contributed by atoms with van der Waals surface area (Å²) in [6.45, 7) is 2.95. The molecule has 2 N–H and O–H groups in total. The van der Waals surface area contributed by atoms with E-state index in [0.717, 1.165) is 48.8 Å². The van der Waals surface area contributed by atoms with Crippen LogP contribution in [0, 0.1) is 11.7 Å². The molecule has 1 aromatic carbocycles. The number of ether oxygens (including phenoxy) is 2. The van der Waals surface area contributed by atoms with Crippen molar-refractivity contribution in [3.8, 4) is 5.75 Å². The molecule has 2 aliphatic rings. The SMILES string of the molecule is CN=C(NCCc1cc(F)cc2c1OCOC2)N1CCC(CC(=O)NC)CC1.I. The summed E-state index contributed by atoms with van der Waals surface area (Å²) in [4.78, 5) is 18.1. The van der Waals surface area contributed by atoms with Crippen LogP contribution in [0.3, 0.4) is 0 Å². The van der Waals surface area contributed by atoms with Gasteiger partial charge in [-0.25, -0.2) is 4.39 Å². The van der Waals surface area contributed by atoms with Crippen molar-refractivity contribution in [3.05, 3.63) is 29.1 Å². The van der Waals surface area contributed by atoms with E-state index in [9.17, 15) is 9.18 Å². The van der Waals surface area contributed by atoms with Gasteiger partial charge < -0.3 is 25.0 Å². The van der Waals surface area contributed by atoms with Gasteiger partial charge in [0.25, 0.3) is 0 Å². The highest BCUT2D eigenvalue weighted by Crippen LogP contribution is 2.29. The zero-order chi connectivity index (χ0) is 19.9. The lowest BCUT2D eigenvalue weighted by Crippen LogP contribution is -2.46. The number of likely N-dealkylation sites (tertiary alicyclic amines) is 1. The fourth-order valence-corrected chi connectivity index (χ4v) is 3.80. The smallest absolute Gasteiger partial charge is 0.220 e. The number of amides is 1. The first-order chi connectivity index (χ1) is 13.6. The molecule has 0 aliphatic carbocycles. The Labute approximate surface area is 188 Å². The molecule has 2 heterocycles. The van der Waals surface area contributed by atoms with Crippen molar-refractivity contribution in [3.63, 3.8) is 0 Å². The van der Waals surface area contributed by atoms with Crippen LogP contribution in [0.5, 0.6) is 5.75 Å². The van der Waals surface area contributed by atoms with E-state index >= 15 is 0 Å².